The number of nitrogens with one attached hydrogen (secondary N) is 3. The number of benzene rings is 2. The topological polar surface area (TPSA) is 123 Å². The van der Waals surface area contributed by atoms with Gasteiger partial charge in [-0.05, 0) is 60.6 Å². The number of hydrogen-bond donors (Lipinski definition) is 3. The van der Waals surface area contributed by atoms with Crippen molar-refractivity contribution in [3.05, 3.63) is 89.2 Å². The highest BCUT2D eigenvalue weighted by molar-refractivity contribution is 6.09. The highest BCUT2D eigenvalue weighted by Crippen LogP contribution is 2.38. The number of nitrogens with zero attached hydrogens (tertiary/aromatic N) is 3. The maximum atomic E-state index is 13.2. The van der Waals surface area contributed by atoms with E-state index >= 15 is 0 Å². The minimum atomic E-state index is -0.363. The monoisotopic (exact) mass is 522 g/mol. The highest BCUT2D eigenvalue weighted by Gasteiger charge is 2.30. The molecule has 0 spiro atoms. The molecule has 8 heteroatoms. The lowest BCUT2D eigenvalue weighted by molar-refractivity contribution is 0.171. The smallest absolute Gasteiger partial charge is 0.320 e. The summed E-state index contributed by atoms with van der Waals surface area (Å²) in [5.41, 5.74) is 4.31. The van der Waals surface area contributed by atoms with Crippen molar-refractivity contribution in [3.8, 4) is 11.8 Å². The van der Waals surface area contributed by atoms with Crippen molar-refractivity contribution in [2.45, 2.75) is 59.1 Å². The van der Waals surface area contributed by atoms with Gasteiger partial charge in [-0.1, -0.05) is 62.7 Å². The molecule has 1 heterocycles. The average molecular weight is 523 g/mol. The molecule has 0 saturated carbocycles. The maximum Gasteiger partial charge on any atom is 0.320 e. The first-order chi connectivity index (χ1) is 18.6. The molecule has 1 aliphatic carbocycles. The predicted molar refractivity (Wildman–Crippen MR) is 152 cm³/mol. The zero-order chi connectivity index (χ0) is 28.0. The number of amidine groups is 1. The second kappa shape index (κ2) is 11.9. The zero-order valence-electron chi connectivity index (χ0n) is 22.8. The molecule has 0 fully saturated rings. The third-order valence-electron chi connectivity index (χ3n) is 6.68. The van der Waals surface area contributed by atoms with E-state index in [-0.39, 0.29) is 30.0 Å². The van der Waals surface area contributed by atoms with Crippen LogP contribution in [0.4, 0.5) is 10.5 Å². The summed E-state index contributed by atoms with van der Waals surface area (Å²) in [6.45, 7) is 7.94. The molecule has 4 rings (SSSR count). The molecule has 2 amide bonds. The first kappa shape index (κ1) is 27.5. The van der Waals surface area contributed by atoms with Crippen molar-refractivity contribution in [2.24, 2.45) is 10.4 Å². The molecule has 8 nitrogen and oxygen atoms in total. The van der Waals surface area contributed by atoms with Gasteiger partial charge in [-0.3, -0.25) is 5.32 Å². The quantitative estimate of drug-likeness (QED) is 0.246. The van der Waals surface area contributed by atoms with Crippen LogP contribution in [0.1, 0.15) is 74.6 Å². The lowest BCUT2D eigenvalue weighted by atomic mass is 9.85. The van der Waals surface area contributed by atoms with Gasteiger partial charge in [0.15, 0.2) is 0 Å². The van der Waals surface area contributed by atoms with Gasteiger partial charge < -0.3 is 15.5 Å². The van der Waals surface area contributed by atoms with Crippen molar-refractivity contribution < 1.29 is 9.53 Å². The Morgan fingerprint density at radius 3 is 2.46 bits per heavy atom. The molecular formula is C31H34N6O2. The van der Waals surface area contributed by atoms with Crippen LogP contribution in [0.3, 0.4) is 0 Å². The van der Waals surface area contributed by atoms with Crippen LogP contribution < -0.4 is 15.4 Å². The molecule has 1 aromatic heterocycles. The lowest BCUT2D eigenvalue weighted by Crippen LogP contribution is -2.43. The molecule has 3 N–H and O–H groups in total. The normalized spacial score (nSPS) is 16.9. The molecule has 1 aliphatic rings. The molecule has 0 saturated heterocycles. The van der Waals surface area contributed by atoms with Crippen LogP contribution in [0.5, 0.6) is 5.75 Å². The van der Waals surface area contributed by atoms with Gasteiger partial charge in [0.1, 0.15) is 29.5 Å². The minimum Gasteiger partial charge on any atom is -0.484 e. The highest BCUT2D eigenvalue weighted by atomic mass is 16.5. The van der Waals surface area contributed by atoms with E-state index in [4.69, 9.17) is 15.4 Å². The second-order valence-corrected chi connectivity index (χ2v) is 10.8. The molecule has 200 valence electrons. The Morgan fingerprint density at radius 2 is 1.82 bits per heavy atom. The van der Waals surface area contributed by atoms with Crippen LogP contribution in [0, 0.1) is 29.1 Å². The predicted octanol–water partition coefficient (Wildman–Crippen LogP) is 6.70. The summed E-state index contributed by atoms with van der Waals surface area (Å²) < 4.78 is 6.21. The number of carbonyl (C=O) groups is 1. The summed E-state index contributed by atoms with van der Waals surface area (Å²) >= 11 is 0. The Bertz CT molecular complexity index is 1400. The number of amides is 2. The fraction of sp³-hybridized carbons (Fsp3) is 0.323. The van der Waals surface area contributed by atoms with Crippen molar-refractivity contribution in [1.82, 2.24) is 15.6 Å². The molecule has 0 radical (unpaired) electrons. The number of aryl methyl sites for hydroxylation is 1. The van der Waals surface area contributed by atoms with E-state index in [1.165, 1.54) is 0 Å². The molecule has 2 atom stereocenters. The van der Waals surface area contributed by atoms with Gasteiger partial charge in [0.25, 0.3) is 0 Å². The van der Waals surface area contributed by atoms with Crippen molar-refractivity contribution in [2.75, 3.05) is 0 Å². The largest absolute Gasteiger partial charge is 0.484 e. The maximum absolute atomic E-state index is 13.2. The average Bonchev–Trinajstić information content (AvgIpc) is 2.91. The van der Waals surface area contributed by atoms with Gasteiger partial charge in [0, 0.05) is 12.1 Å². The van der Waals surface area contributed by atoms with Crippen molar-refractivity contribution in [3.63, 3.8) is 0 Å². The molecule has 2 aromatic carbocycles. The van der Waals surface area contributed by atoms with E-state index in [2.05, 4.69) is 20.6 Å². The molecule has 0 aliphatic heterocycles. The number of nitriles is 1. The molecule has 2 unspecified atom stereocenters. The number of aliphatic imine (C=N–C) groups is 1. The SMILES string of the molecule is Cc1ccc(N=C(CC(=N)C(C)(C)C)NC(=O)NC2CCC(Oc3ccc(C#N)nc3)c3ccccc32)cc1. The van der Waals surface area contributed by atoms with E-state index in [0.717, 1.165) is 22.4 Å². The number of urea groups is 1. The summed E-state index contributed by atoms with van der Waals surface area (Å²) in [4.78, 5) is 22.0. The lowest BCUT2D eigenvalue weighted by Gasteiger charge is -2.32. The van der Waals surface area contributed by atoms with Gasteiger partial charge >= 0.3 is 6.03 Å². The van der Waals surface area contributed by atoms with E-state index in [0.29, 0.717) is 35.8 Å². The molecule has 3 aromatic rings. The van der Waals surface area contributed by atoms with Gasteiger partial charge in [0.05, 0.1) is 17.9 Å². The Balaban J connectivity index is 1.49. The summed E-state index contributed by atoms with van der Waals surface area (Å²) in [6.07, 6.45) is 2.98. The van der Waals surface area contributed by atoms with E-state index in [1.807, 2.05) is 82.3 Å². The van der Waals surface area contributed by atoms with E-state index in [1.54, 1.807) is 18.3 Å². The Morgan fingerprint density at radius 1 is 1.10 bits per heavy atom. The van der Waals surface area contributed by atoms with Crippen LogP contribution in [0.2, 0.25) is 0 Å². The Kier molecular flexibility index (Phi) is 8.40. The Hall–Kier alpha value is -4.51. The van der Waals surface area contributed by atoms with Crippen LogP contribution in [0.25, 0.3) is 0 Å². The molecular weight excluding hydrogens is 488 g/mol. The standard InChI is InChI=1S/C31H34N6O2/c1-20-9-11-21(12-10-20)35-29(17-28(33)31(2,3)4)37-30(38)36-26-15-16-27(25-8-6-5-7-24(25)26)39-23-14-13-22(18-32)34-19-23/h5-14,19,26-27,33H,15-17H2,1-4H3,(H2,35,36,37,38). The van der Waals surface area contributed by atoms with E-state index < -0.39 is 0 Å². The van der Waals surface area contributed by atoms with Gasteiger partial charge in [-0.25, -0.2) is 14.8 Å². The number of ether oxygens (including phenoxy) is 1. The fourth-order valence-corrected chi connectivity index (χ4v) is 4.35. The number of carbonyl (C=O) groups excluding carboxylic acids is 1. The van der Waals surface area contributed by atoms with Crippen molar-refractivity contribution in [1.29, 1.82) is 10.7 Å². The summed E-state index contributed by atoms with van der Waals surface area (Å²) in [5, 5.41) is 23.5. The third kappa shape index (κ3) is 7.29. The number of rotatable bonds is 6. The summed E-state index contributed by atoms with van der Waals surface area (Å²) in [7, 11) is 0. The third-order valence-corrected chi connectivity index (χ3v) is 6.68. The van der Waals surface area contributed by atoms with Crippen molar-refractivity contribution >= 4 is 23.3 Å². The van der Waals surface area contributed by atoms with Crippen LogP contribution in [-0.2, 0) is 0 Å². The van der Waals surface area contributed by atoms with Gasteiger partial charge in [0.2, 0.25) is 0 Å². The number of hydrogen-bond acceptors (Lipinski definition) is 6. The van der Waals surface area contributed by atoms with Gasteiger partial charge in [-0.15, -0.1) is 0 Å². The first-order valence-electron chi connectivity index (χ1n) is 13.0. The second-order valence-electron chi connectivity index (χ2n) is 10.8. The van der Waals surface area contributed by atoms with Crippen LogP contribution >= 0.6 is 0 Å². The number of pyridine rings is 1. The number of fused-ring (bicyclic) bond motifs is 1. The molecule has 39 heavy (non-hydrogen) atoms. The van der Waals surface area contributed by atoms with Gasteiger partial charge in [-0.2, -0.15) is 5.26 Å². The minimum absolute atomic E-state index is 0.192. The first-order valence-corrected chi connectivity index (χ1v) is 13.0. The fourth-order valence-electron chi connectivity index (χ4n) is 4.35. The summed E-state index contributed by atoms with van der Waals surface area (Å²) in [5.74, 6) is 1.02. The number of aromatic nitrogens is 1. The van der Waals surface area contributed by atoms with Crippen LogP contribution in [-0.4, -0.2) is 22.6 Å². The Labute approximate surface area is 229 Å². The summed E-state index contributed by atoms with van der Waals surface area (Å²) in [6, 6.07) is 20.5. The molecule has 0 bridgehead atoms. The zero-order valence-corrected chi connectivity index (χ0v) is 22.8. The van der Waals surface area contributed by atoms with Crippen LogP contribution in [0.15, 0.2) is 71.9 Å². The van der Waals surface area contributed by atoms with E-state index in [9.17, 15) is 4.79 Å².